The quantitative estimate of drug-likeness (QED) is 0.740. The Balaban J connectivity index is 1.77. The lowest BCUT2D eigenvalue weighted by molar-refractivity contribution is 0.0827. The van der Waals surface area contributed by atoms with E-state index in [1.807, 2.05) is 43.3 Å². The van der Waals surface area contributed by atoms with Gasteiger partial charge in [-0.3, -0.25) is 9.59 Å². The monoisotopic (exact) mass is 358 g/mol. The molecule has 0 aliphatic carbocycles. The highest BCUT2D eigenvalue weighted by atomic mass is 16.2. The van der Waals surface area contributed by atoms with Crippen LogP contribution in [0.4, 0.5) is 5.69 Å². The van der Waals surface area contributed by atoms with E-state index in [9.17, 15) is 9.59 Å². The predicted octanol–water partition coefficient (Wildman–Crippen LogP) is 4.62. The number of anilines is 1. The third-order valence-electron chi connectivity index (χ3n) is 4.27. The molecular formula is C23H22N2O2. The molecule has 4 nitrogen and oxygen atoms in total. The molecule has 0 saturated heterocycles. The number of aryl methyl sites for hydroxylation is 1. The Morgan fingerprint density at radius 2 is 1.41 bits per heavy atom. The third kappa shape index (κ3) is 4.42. The zero-order valence-electron chi connectivity index (χ0n) is 15.7. The standard InChI is InChI=1S/C23H22N2O2/c1-16-6-4-7-18(14-16)19-8-5-9-20(15-19)22(26)24-21-12-10-17(11-13-21)23(27)25(2)3/h4-15H,1-3H3,(H,24,26). The van der Waals surface area contributed by atoms with Gasteiger partial charge in [-0.15, -0.1) is 0 Å². The van der Waals surface area contributed by atoms with Crippen LogP contribution in [-0.2, 0) is 0 Å². The van der Waals surface area contributed by atoms with Gasteiger partial charge in [0.05, 0.1) is 0 Å². The number of hydrogen-bond donors (Lipinski definition) is 1. The van der Waals surface area contributed by atoms with Crippen molar-refractivity contribution in [1.82, 2.24) is 4.90 Å². The number of benzene rings is 3. The lowest BCUT2D eigenvalue weighted by atomic mass is 10.0. The number of rotatable bonds is 4. The highest BCUT2D eigenvalue weighted by Gasteiger charge is 2.10. The van der Waals surface area contributed by atoms with Crippen LogP contribution in [0.25, 0.3) is 11.1 Å². The molecular weight excluding hydrogens is 336 g/mol. The first-order valence-electron chi connectivity index (χ1n) is 8.74. The third-order valence-corrected chi connectivity index (χ3v) is 4.27. The zero-order valence-corrected chi connectivity index (χ0v) is 15.7. The fraction of sp³-hybridized carbons (Fsp3) is 0.130. The van der Waals surface area contributed by atoms with Crippen molar-refractivity contribution >= 4 is 17.5 Å². The summed E-state index contributed by atoms with van der Waals surface area (Å²) in [5.74, 6) is -0.255. The molecule has 0 heterocycles. The minimum Gasteiger partial charge on any atom is -0.345 e. The van der Waals surface area contributed by atoms with E-state index in [1.165, 1.54) is 10.5 Å². The van der Waals surface area contributed by atoms with Crippen LogP contribution in [0.5, 0.6) is 0 Å². The molecule has 0 aliphatic heterocycles. The van der Waals surface area contributed by atoms with Gasteiger partial charge in [0.1, 0.15) is 0 Å². The second kappa shape index (κ2) is 7.87. The minimum absolute atomic E-state index is 0.0706. The van der Waals surface area contributed by atoms with Crippen LogP contribution >= 0.6 is 0 Å². The van der Waals surface area contributed by atoms with E-state index < -0.39 is 0 Å². The molecule has 0 radical (unpaired) electrons. The van der Waals surface area contributed by atoms with Gasteiger partial charge in [0.25, 0.3) is 11.8 Å². The summed E-state index contributed by atoms with van der Waals surface area (Å²) in [6.07, 6.45) is 0. The number of carbonyl (C=O) groups is 2. The SMILES string of the molecule is Cc1cccc(-c2cccc(C(=O)Nc3ccc(C(=O)N(C)C)cc3)c2)c1. The molecule has 136 valence electrons. The van der Waals surface area contributed by atoms with E-state index >= 15 is 0 Å². The van der Waals surface area contributed by atoms with E-state index in [1.54, 1.807) is 44.4 Å². The number of nitrogens with one attached hydrogen (secondary N) is 1. The number of carbonyl (C=O) groups excluding carboxylic acids is 2. The highest BCUT2D eigenvalue weighted by Crippen LogP contribution is 2.22. The largest absolute Gasteiger partial charge is 0.345 e. The first-order valence-corrected chi connectivity index (χ1v) is 8.74. The summed E-state index contributed by atoms with van der Waals surface area (Å²) in [7, 11) is 3.42. The fourth-order valence-electron chi connectivity index (χ4n) is 2.82. The van der Waals surface area contributed by atoms with Crippen LogP contribution in [0, 0.1) is 6.92 Å². The predicted molar refractivity (Wildman–Crippen MR) is 109 cm³/mol. The summed E-state index contributed by atoms with van der Waals surface area (Å²) < 4.78 is 0. The lowest BCUT2D eigenvalue weighted by Crippen LogP contribution is -2.21. The van der Waals surface area contributed by atoms with Gasteiger partial charge in [0, 0.05) is 30.9 Å². The Bertz CT molecular complexity index is 976. The average Bonchev–Trinajstić information content (AvgIpc) is 2.68. The summed E-state index contributed by atoms with van der Waals surface area (Å²) in [6, 6.07) is 22.6. The Morgan fingerprint density at radius 1 is 0.778 bits per heavy atom. The molecule has 0 unspecified atom stereocenters. The van der Waals surface area contributed by atoms with Crippen molar-refractivity contribution < 1.29 is 9.59 Å². The molecule has 3 aromatic carbocycles. The second-order valence-electron chi connectivity index (χ2n) is 6.68. The smallest absolute Gasteiger partial charge is 0.255 e. The van der Waals surface area contributed by atoms with Crippen LogP contribution in [0.1, 0.15) is 26.3 Å². The van der Waals surface area contributed by atoms with Crippen molar-refractivity contribution in [1.29, 1.82) is 0 Å². The summed E-state index contributed by atoms with van der Waals surface area (Å²) >= 11 is 0. The fourth-order valence-corrected chi connectivity index (χ4v) is 2.82. The maximum atomic E-state index is 12.6. The van der Waals surface area contributed by atoms with Gasteiger partial charge in [0.2, 0.25) is 0 Å². The first kappa shape index (κ1) is 18.4. The molecule has 27 heavy (non-hydrogen) atoms. The molecule has 2 amide bonds. The zero-order chi connectivity index (χ0) is 19.4. The second-order valence-corrected chi connectivity index (χ2v) is 6.68. The van der Waals surface area contributed by atoms with Crippen molar-refractivity contribution in [2.45, 2.75) is 6.92 Å². The molecule has 3 rings (SSSR count). The van der Waals surface area contributed by atoms with E-state index in [2.05, 4.69) is 11.4 Å². The first-order chi connectivity index (χ1) is 12.9. The summed E-state index contributed by atoms with van der Waals surface area (Å²) in [4.78, 5) is 26.1. The van der Waals surface area contributed by atoms with Crippen molar-refractivity contribution in [3.63, 3.8) is 0 Å². The Labute approximate surface area is 159 Å². The summed E-state index contributed by atoms with van der Waals surface area (Å²) in [5, 5.41) is 2.88. The van der Waals surface area contributed by atoms with Crippen molar-refractivity contribution in [3.8, 4) is 11.1 Å². The van der Waals surface area contributed by atoms with Crippen molar-refractivity contribution in [2.75, 3.05) is 19.4 Å². The number of hydrogen-bond acceptors (Lipinski definition) is 2. The molecule has 0 fully saturated rings. The highest BCUT2D eigenvalue weighted by molar-refractivity contribution is 6.05. The Hall–Kier alpha value is -3.40. The molecule has 0 aromatic heterocycles. The van der Waals surface area contributed by atoms with E-state index in [-0.39, 0.29) is 11.8 Å². The maximum absolute atomic E-state index is 12.6. The normalized spacial score (nSPS) is 10.3. The van der Waals surface area contributed by atoms with E-state index in [0.717, 1.165) is 11.1 Å². The molecule has 4 heteroatoms. The van der Waals surface area contributed by atoms with Gasteiger partial charge < -0.3 is 10.2 Å². The van der Waals surface area contributed by atoms with Gasteiger partial charge in [-0.2, -0.15) is 0 Å². The van der Waals surface area contributed by atoms with Crippen LogP contribution in [0.3, 0.4) is 0 Å². The topological polar surface area (TPSA) is 49.4 Å². The Morgan fingerprint density at radius 3 is 2.04 bits per heavy atom. The van der Waals surface area contributed by atoms with Gasteiger partial charge in [-0.05, 0) is 54.4 Å². The van der Waals surface area contributed by atoms with Crippen LogP contribution in [-0.4, -0.2) is 30.8 Å². The van der Waals surface area contributed by atoms with Crippen LogP contribution in [0.2, 0.25) is 0 Å². The minimum atomic E-state index is -0.184. The molecule has 0 aliphatic rings. The van der Waals surface area contributed by atoms with Gasteiger partial charge in [-0.25, -0.2) is 0 Å². The molecule has 0 spiro atoms. The Kier molecular flexibility index (Phi) is 5.36. The van der Waals surface area contributed by atoms with Crippen LogP contribution < -0.4 is 5.32 Å². The maximum Gasteiger partial charge on any atom is 0.255 e. The molecule has 0 bridgehead atoms. The number of amides is 2. The van der Waals surface area contributed by atoms with Gasteiger partial charge in [-0.1, -0.05) is 42.0 Å². The molecule has 0 atom stereocenters. The van der Waals surface area contributed by atoms with Crippen LogP contribution in [0.15, 0.2) is 72.8 Å². The van der Waals surface area contributed by atoms with Gasteiger partial charge >= 0.3 is 0 Å². The van der Waals surface area contributed by atoms with Crippen molar-refractivity contribution in [2.24, 2.45) is 0 Å². The molecule has 3 aromatic rings. The van der Waals surface area contributed by atoms with E-state index in [0.29, 0.717) is 16.8 Å². The average molecular weight is 358 g/mol. The lowest BCUT2D eigenvalue weighted by Gasteiger charge is -2.11. The molecule has 0 saturated carbocycles. The van der Waals surface area contributed by atoms with Crippen molar-refractivity contribution in [3.05, 3.63) is 89.5 Å². The summed E-state index contributed by atoms with van der Waals surface area (Å²) in [5.41, 5.74) is 5.07. The molecule has 1 N–H and O–H groups in total. The summed E-state index contributed by atoms with van der Waals surface area (Å²) in [6.45, 7) is 2.05. The number of nitrogens with zero attached hydrogens (tertiary/aromatic N) is 1. The van der Waals surface area contributed by atoms with E-state index in [4.69, 9.17) is 0 Å². The van der Waals surface area contributed by atoms with Gasteiger partial charge in [0.15, 0.2) is 0 Å².